The Bertz CT molecular complexity index is 207. The molecule has 10 heavy (non-hydrogen) atoms. The van der Waals surface area contributed by atoms with Crippen molar-refractivity contribution in [2.75, 3.05) is 6.61 Å². The normalized spacial score (nSPS) is 43.7. The lowest BCUT2D eigenvalue weighted by atomic mass is 9.82. The average molecular weight is 138 g/mol. The van der Waals surface area contributed by atoms with Crippen molar-refractivity contribution in [3.8, 4) is 0 Å². The summed E-state index contributed by atoms with van der Waals surface area (Å²) in [6, 6.07) is 0. The molecule has 0 radical (unpaired) electrons. The highest BCUT2D eigenvalue weighted by Gasteiger charge is 2.48. The van der Waals surface area contributed by atoms with Crippen molar-refractivity contribution in [1.29, 1.82) is 0 Å². The van der Waals surface area contributed by atoms with Gasteiger partial charge in [0.05, 0.1) is 12.0 Å². The number of rotatable bonds is 0. The van der Waals surface area contributed by atoms with E-state index in [0.29, 0.717) is 12.5 Å². The zero-order valence-electron chi connectivity index (χ0n) is 5.96. The van der Waals surface area contributed by atoms with Crippen LogP contribution in [0.1, 0.15) is 13.3 Å². The van der Waals surface area contributed by atoms with E-state index in [1.54, 1.807) is 0 Å². The number of hydrogen-bond acceptors (Lipinski definition) is 2. The minimum absolute atomic E-state index is 0.0255. The van der Waals surface area contributed by atoms with Crippen LogP contribution in [0.2, 0.25) is 0 Å². The summed E-state index contributed by atoms with van der Waals surface area (Å²) in [6.45, 7) is 2.57. The maximum atomic E-state index is 11.1. The molecule has 2 heteroatoms. The summed E-state index contributed by atoms with van der Waals surface area (Å²) in [5, 5.41) is 0. The number of allylic oxidation sites excluding steroid dienone is 1. The van der Waals surface area contributed by atoms with Crippen LogP contribution in [0.4, 0.5) is 0 Å². The van der Waals surface area contributed by atoms with Gasteiger partial charge in [-0.3, -0.25) is 4.79 Å². The second-order valence-corrected chi connectivity index (χ2v) is 3.25. The molecule has 2 aliphatic rings. The lowest BCUT2D eigenvalue weighted by Gasteiger charge is -2.16. The third kappa shape index (κ3) is 0.516. The SMILES string of the molecule is C[C@@]12CC=CC1COC2=O. The predicted molar refractivity (Wildman–Crippen MR) is 36.3 cm³/mol. The van der Waals surface area contributed by atoms with Crippen LogP contribution < -0.4 is 0 Å². The summed E-state index contributed by atoms with van der Waals surface area (Å²) in [5.74, 6) is 0.322. The Hall–Kier alpha value is -0.790. The number of esters is 1. The average Bonchev–Trinajstić information content (AvgIpc) is 2.36. The van der Waals surface area contributed by atoms with Crippen LogP contribution in [0.15, 0.2) is 12.2 Å². The molecule has 1 saturated heterocycles. The molecule has 0 bridgehead atoms. The molecule has 2 nitrogen and oxygen atoms in total. The molecule has 0 N–H and O–H groups in total. The van der Waals surface area contributed by atoms with Gasteiger partial charge < -0.3 is 4.74 Å². The molecule has 2 atom stereocenters. The number of hydrogen-bond donors (Lipinski definition) is 0. The van der Waals surface area contributed by atoms with Gasteiger partial charge in [-0.15, -0.1) is 0 Å². The van der Waals surface area contributed by atoms with Gasteiger partial charge >= 0.3 is 5.97 Å². The van der Waals surface area contributed by atoms with Crippen LogP contribution in [0, 0.1) is 11.3 Å². The van der Waals surface area contributed by atoms with Gasteiger partial charge in [-0.05, 0) is 13.3 Å². The van der Waals surface area contributed by atoms with Gasteiger partial charge in [-0.2, -0.15) is 0 Å². The van der Waals surface area contributed by atoms with Crippen molar-refractivity contribution in [2.45, 2.75) is 13.3 Å². The van der Waals surface area contributed by atoms with Crippen molar-refractivity contribution in [3.05, 3.63) is 12.2 Å². The van der Waals surface area contributed by atoms with E-state index in [1.807, 2.05) is 6.92 Å². The van der Waals surface area contributed by atoms with Crippen molar-refractivity contribution in [1.82, 2.24) is 0 Å². The van der Waals surface area contributed by atoms with Crippen LogP contribution in [-0.2, 0) is 9.53 Å². The van der Waals surface area contributed by atoms with Crippen molar-refractivity contribution in [2.24, 2.45) is 11.3 Å². The van der Waals surface area contributed by atoms with Crippen LogP contribution in [-0.4, -0.2) is 12.6 Å². The molecule has 0 amide bonds. The highest BCUT2D eigenvalue weighted by molar-refractivity contribution is 5.80. The first-order chi connectivity index (χ1) is 4.73. The highest BCUT2D eigenvalue weighted by atomic mass is 16.5. The molecular formula is C8H10O2. The summed E-state index contributed by atoms with van der Waals surface area (Å²) >= 11 is 0. The Kier molecular flexibility index (Phi) is 0.967. The zero-order valence-corrected chi connectivity index (χ0v) is 5.96. The molecule has 0 saturated carbocycles. The smallest absolute Gasteiger partial charge is 0.312 e. The van der Waals surface area contributed by atoms with Gasteiger partial charge in [-0.1, -0.05) is 12.2 Å². The van der Waals surface area contributed by atoms with Crippen molar-refractivity contribution >= 4 is 5.97 Å². The van der Waals surface area contributed by atoms with Crippen LogP contribution >= 0.6 is 0 Å². The Morgan fingerprint density at radius 3 is 3.30 bits per heavy atom. The first-order valence-corrected chi connectivity index (χ1v) is 3.57. The third-order valence-corrected chi connectivity index (χ3v) is 2.59. The monoisotopic (exact) mass is 138 g/mol. The molecule has 1 aliphatic heterocycles. The Balaban J connectivity index is 2.35. The summed E-state index contributed by atoms with van der Waals surface area (Å²) in [5.41, 5.74) is -0.208. The lowest BCUT2D eigenvalue weighted by Crippen LogP contribution is -2.24. The molecule has 2 rings (SSSR count). The second-order valence-electron chi connectivity index (χ2n) is 3.25. The van der Waals surface area contributed by atoms with Crippen LogP contribution in [0.25, 0.3) is 0 Å². The van der Waals surface area contributed by atoms with E-state index in [9.17, 15) is 4.79 Å². The summed E-state index contributed by atoms with van der Waals surface area (Å²) in [7, 11) is 0. The molecule has 0 spiro atoms. The van der Waals surface area contributed by atoms with Gasteiger partial charge in [0.1, 0.15) is 0 Å². The number of carbonyl (C=O) groups excluding carboxylic acids is 1. The van der Waals surface area contributed by atoms with E-state index in [4.69, 9.17) is 4.74 Å². The molecule has 1 aliphatic carbocycles. The first kappa shape index (κ1) is 5.96. The topological polar surface area (TPSA) is 26.3 Å². The maximum Gasteiger partial charge on any atom is 0.312 e. The fraction of sp³-hybridized carbons (Fsp3) is 0.625. The van der Waals surface area contributed by atoms with Gasteiger partial charge in [-0.25, -0.2) is 0 Å². The summed E-state index contributed by atoms with van der Waals surface area (Å²) < 4.78 is 4.93. The fourth-order valence-electron chi connectivity index (χ4n) is 1.65. The minimum Gasteiger partial charge on any atom is -0.465 e. The van der Waals surface area contributed by atoms with Gasteiger partial charge in [0, 0.05) is 5.92 Å². The molecule has 1 unspecified atom stereocenters. The van der Waals surface area contributed by atoms with E-state index in [0.717, 1.165) is 6.42 Å². The van der Waals surface area contributed by atoms with Gasteiger partial charge in [0.2, 0.25) is 0 Å². The van der Waals surface area contributed by atoms with E-state index >= 15 is 0 Å². The number of carbonyl (C=O) groups is 1. The Morgan fingerprint density at radius 1 is 1.80 bits per heavy atom. The quantitative estimate of drug-likeness (QED) is 0.370. The molecule has 1 fully saturated rings. The zero-order chi connectivity index (χ0) is 7.19. The highest BCUT2D eigenvalue weighted by Crippen LogP contribution is 2.43. The molecular weight excluding hydrogens is 128 g/mol. The Labute approximate surface area is 59.9 Å². The summed E-state index contributed by atoms with van der Waals surface area (Å²) in [4.78, 5) is 11.1. The third-order valence-electron chi connectivity index (χ3n) is 2.59. The number of cyclic esters (lactones) is 1. The van der Waals surface area contributed by atoms with Gasteiger partial charge in [0.25, 0.3) is 0 Å². The first-order valence-electron chi connectivity index (χ1n) is 3.57. The van der Waals surface area contributed by atoms with E-state index in [1.165, 1.54) is 0 Å². The van der Waals surface area contributed by atoms with E-state index in [-0.39, 0.29) is 11.4 Å². The Morgan fingerprint density at radius 2 is 2.60 bits per heavy atom. The van der Waals surface area contributed by atoms with Crippen molar-refractivity contribution in [3.63, 3.8) is 0 Å². The van der Waals surface area contributed by atoms with Crippen LogP contribution in [0.3, 0.4) is 0 Å². The number of ether oxygens (including phenoxy) is 1. The molecule has 0 aromatic heterocycles. The van der Waals surface area contributed by atoms with Gasteiger partial charge in [0.15, 0.2) is 0 Å². The largest absolute Gasteiger partial charge is 0.465 e. The lowest BCUT2D eigenvalue weighted by molar-refractivity contribution is -0.145. The molecule has 0 aromatic rings. The standard InChI is InChI=1S/C8H10O2/c1-8-4-2-3-6(8)5-10-7(8)9/h2-3,6H,4-5H2,1H3/t6?,8-/m1/s1. The molecule has 54 valence electrons. The van der Waals surface area contributed by atoms with Crippen molar-refractivity contribution < 1.29 is 9.53 Å². The minimum atomic E-state index is -0.208. The number of fused-ring (bicyclic) bond motifs is 1. The second kappa shape index (κ2) is 1.62. The molecule has 1 heterocycles. The fourth-order valence-corrected chi connectivity index (χ4v) is 1.65. The summed E-state index contributed by atoms with van der Waals surface area (Å²) in [6.07, 6.45) is 5.02. The van der Waals surface area contributed by atoms with E-state index < -0.39 is 0 Å². The maximum absolute atomic E-state index is 11.1. The van der Waals surface area contributed by atoms with E-state index in [2.05, 4.69) is 12.2 Å². The molecule has 0 aromatic carbocycles. The van der Waals surface area contributed by atoms with Crippen LogP contribution in [0.5, 0.6) is 0 Å². The predicted octanol–water partition coefficient (Wildman–Crippen LogP) is 1.13.